The molecule has 2 aromatic rings. The highest BCUT2D eigenvalue weighted by Crippen LogP contribution is 2.17. The van der Waals surface area contributed by atoms with E-state index in [1.807, 2.05) is 18.2 Å². The van der Waals surface area contributed by atoms with E-state index in [0.717, 1.165) is 11.1 Å². The Balaban J connectivity index is 1.99. The SMILES string of the molecule is CC(O)c1cccc(NC(=O)N(C)Cc2cccnc2)c1. The zero-order chi connectivity index (χ0) is 15.2. The predicted molar refractivity (Wildman–Crippen MR) is 81.8 cm³/mol. The molecule has 0 spiro atoms. The molecule has 0 saturated heterocycles. The molecule has 5 heteroatoms. The highest BCUT2D eigenvalue weighted by atomic mass is 16.3. The zero-order valence-corrected chi connectivity index (χ0v) is 12.2. The molecule has 1 heterocycles. The lowest BCUT2D eigenvalue weighted by atomic mass is 10.1. The van der Waals surface area contributed by atoms with Crippen molar-refractivity contribution in [2.24, 2.45) is 0 Å². The molecule has 0 bridgehead atoms. The van der Waals surface area contributed by atoms with E-state index >= 15 is 0 Å². The van der Waals surface area contributed by atoms with E-state index < -0.39 is 6.10 Å². The standard InChI is InChI=1S/C16H19N3O2/c1-12(20)14-6-3-7-15(9-14)18-16(21)19(2)11-13-5-4-8-17-10-13/h3-10,12,20H,11H2,1-2H3,(H,18,21). The Labute approximate surface area is 124 Å². The van der Waals surface area contributed by atoms with Crippen LogP contribution < -0.4 is 5.32 Å². The molecule has 5 nitrogen and oxygen atoms in total. The van der Waals surface area contributed by atoms with Crippen molar-refractivity contribution >= 4 is 11.7 Å². The second-order valence-corrected chi connectivity index (χ2v) is 4.95. The first-order chi connectivity index (χ1) is 10.1. The number of rotatable bonds is 4. The molecule has 1 aromatic heterocycles. The number of pyridine rings is 1. The molecule has 0 radical (unpaired) electrons. The summed E-state index contributed by atoms with van der Waals surface area (Å²) in [6.07, 6.45) is 2.87. The minimum absolute atomic E-state index is 0.207. The van der Waals surface area contributed by atoms with E-state index in [9.17, 15) is 9.90 Å². The molecule has 2 rings (SSSR count). The van der Waals surface area contributed by atoms with Gasteiger partial charge in [-0.3, -0.25) is 4.98 Å². The number of hydrogen-bond acceptors (Lipinski definition) is 3. The average Bonchev–Trinajstić information content (AvgIpc) is 2.48. The molecular formula is C16H19N3O2. The maximum Gasteiger partial charge on any atom is 0.321 e. The van der Waals surface area contributed by atoms with Crippen molar-refractivity contribution in [3.63, 3.8) is 0 Å². The first-order valence-corrected chi connectivity index (χ1v) is 6.75. The van der Waals surface area contributed by atoms with Gasteiger partial charge in [-0.05, 0) is 36.2 Å². The quantitative estimate of drug-likeness (QED) is 0.907. The topological polar surface area (TPSA) is 65.5 Å². The molecule has 2 amide bonds. The van der Waals surface area contributed by atoms with E-state index in [1.54, 1.807) is 49.5 Å². The Morgan fingerprint density at radius 2 is 2.19 bits per heavy atom. The smallest absolute Gasteiger partial charge is 0.321 e. The number of hydrogen-bond donors (Lipinski definition) is 2. The minimum Gasteiger partial charge on any atom is -0.389 e. The lowest BCUT2D eigenvalue weighted by molar-refractivity contribution is 0.199. The molecule has 110 valence electrons. The van der Waals surface area contributed by atoms with E-state index in [1.165, 1.54) is 0 Å². The molecule has 1 unspecified atom stereocenters. The summed E-state index contributed by atoms with van der Waals surface area (Å²) in [5, 5.41) is 12.4. The molecule has 0 aliphatic carbocycles. The second-order valence-electron chi connectivity index (χ2n) is 4.95. The van der Waals surface area contributed by atoms with Crippen molar-refractivity contribution < 1.29 is 9.90 Å². The van der Waals surface area contributed by atoms with Crippen LogP contribution in [0.25, 0.3) is 0 Å². The Kier molecular flexibility index (Phi) is 4.90. The number of aliphatic hydroxyl groups is 1. The number of aromatic nitrogens is 1. The van der Waals surface area contributed by atoms with Gasteiger partial charge in [-0.2, -0.15) is 0 Å². The van der Waals surface area contributed by atoms with Crippen LogP contribution in [-0.4, -0.2) is 28.1 Å². The van der Waals surface area contributed by atoms with Gasteiger partial charge >= 0.3 is 6.03 Å². The molecule has 1 atom stereocenters. The summed E-state index contributed by atoms with van der Waals surface area (Å²) < 4.78 is 0. The first kappa shape index (κ1) is 15.0. The van der Waals surface area contributed by atoms with Crippen molar-refractivity contribution in [1.82, 2.24) is 9.88 Å². The van der Waals surface area contributed by atoms with Crippen LogP contribution in [0.3, 0.4) is 0 Å². The van der Waals surface area contributed by atoms with Crippen LogP contribution >= 0.6 is 0 Å². The molecule has 21 heavy (non-hydrogen) atoms. The first-order valence-electron chi connectivity index (χ1n) is 6.75. The van der Waals surface area contributed by atoms with Crippen LogP contribution in [0.4, 0.5) is 10.5 Å². The van der Waals surface area contributed by atoms with E-state index in [0.29, 0.717) is 12.2 Å². The molecule has 0 saturated carbocycles. The summed E-state index contributed by atoms with van der Waals surface area (Å²) >= 11 is 0. The molecule has 1 aromatic carbocycles. The summed E-state index contributed by atoms with van der Waals surface area (Å²) in [5.74, 6) is 0. The Bertz CT molecular complexity index is 599. The van der Waals surface area contributed by atoms with Crippen LogP contribution in [0.15, 0.2) is 48.8 Å². The molecule has 0 fully saturated rings. The Morgan fingerprint density at radius 3 is 2.86 bits per heavy atom. The lowest BCUT2D eigenvalue weighted by Gasteiger charge is -2.18. The van der Waals surface area contributed by atoms with E-state index in [2.05, 4.69) is 10.3 Å². The van der Waals surface area contributed by atoms with Gasteiger partial charge in [0.2, 0.25) is 0 Å². The van der Waals surface area contributed by atoms with Crippen LogP contribution in [-0.2, 0) is 6.54 Å². The average molecular weight is 285 g/mol. The summed E-state index contributed by atoms with van der Waals surface area (Å²) in [6.45, 7) is 2.17. The van der Waals surface area contributed by atoms with Gasteiger partial charge in [0.1, 0.15) is 0 Å². The van der Waals surface area contributed by atoms with Crippen molar-refractivity contribution in [3.8, 4) is 0 Å². The highest BCUT2D eigenvalue weighted by Gasteiger charge is 2.10. The van der Waals surface area contributed by atoms with Crippen molar-refractivity contribution in [1.29, 1.82) is 0 Å². The molecular weight excluding hydrogens is 266 g/mol. The number of urea groups is 1. The lowest BCUT2D eigenvalue weighted by Crippen LogP contribution is -2.30. The Morgan fingerprint density at radius 1 is 1.38 bits per heavy atom. The van der Waals surface area contributed by atoms with Crippen molar-refractivity contribution in [3.05, 3.63) is 59.9 Å². The number of nitrogens with one attached hydrogen (secondary N) is 1. The van der Waals surface area contributed by atoms with Crippen LogP contribution in [0.5, 0.6) is 0 Å². The predicted octanol–water partition coefficient (Wildman–Crippen LogP) is 2.80. The number of benzene rings is 1. The minimum atomic E-state index is -0.560. The van der Waals surface area contributed by atoms with Crippen LogP contribution in [0.1, 0.15) is 24.2 Å². The van der Waals surface area contributed by atoms with Gasteiger partial charge in [-0.15, -0.1) is 0 Å². The highest BCUT2D eigenvalue weighted by molar-refractivity contribution is 5.89. The van der Waals surface area contributed by atoms with Gasteiger partial charge in [-0.1, -0.05) is 18.2 Å². The maximum atomic E-state index is 12.1. The summed E-state index contributed by atoms with van der Waals surface area (Å²) in [7, 11) is 1.72. The van der Waals surface area contributed by atoms with Crippen molar-refractivity contribution in [2.75, 3.05) is 12.4 Å². The largest absolute Gasteiger partial charge is 0.389 e. The number of nitrogens with zero attached hydrogens (tertiary/aromatic N) is 2. The summed E-state index contributed by atoms with van der Waals surface area (Å²) in [5.41, 5.74) is 2.40. The van der Waals surface area contributed by atoms with Crippen molar-refractivity contribution in [2.45, 2.75) is 19.6 Å². The number of aliphatic hydroxyl groups excluding tert-OH is 1. The third-order valence-corrected chi connectivity index (χ3v) is 3.11. The fraction of sp³-hybridized carbons (Fsp3) is 0.250. The second kappa shape index (κ2) is 6.85. The fourth-order valence-corrected chi connectivity index (χ4v) is 1.93. The normalized spacial score (nSPS) is 11.8. The van der Waals surface area contributed by atoms with Gasteiger partial charge in [-0.25, -0.2) is 4.79 Å². The number of anilines is 1. The van der Waals surface area contributed by atoms with Gasteiger partial charge < -0.3 is 15.3 Å². The summed E-state index contributed by atoms with van der Waals surface area (Å²) in [4.78, 5) is 17.7. The third-order valence-electron chi connectivity index (χ3n) is 3.11. The van der Waals surface area contributed by atoms with Crippen LogP contribution in [0.2, 0.25) is 0 Å². The molecule has 2 N–H and O–H groups in total. The molecule has 0 aliphatic rings. The molecule has 0 aliphatic heterocycles. The number of amides is 2. The third kappa shape index (κ3) is 4.29. The number of carbonyl (C=O) groups excluding carboxylic acids is 1. The van der Waals surface area contributed by atoms with Gasteiger partial charge in [0.25, 0.3) is 0 Å². The maximum absolute atomic E-state index is 12.1. The van der Waals surface area contributed by atoms with Gasteiger partial charge in [0.05, 0.1) is 6.10 Å². The zero-order valence-electron chi connectivity index (χ0n) is 12.2. The van der Waals surface area contributed by atoms with E-state index in [-0.39, 0.29) is 6.03 Å². The number of carbonyl (C=O) groups is 1. The monoisotopic (exact) mass is 285 g/mol. The van der Waals surface area contributed by atoms with Crippen LogP contribution in [0, 0.1) is 0 Å². The van der Waals surface area contributed by atoms with E-state index in [4.69, 9.17) is 0 Å². The van der Waals surface area contributed by atoms with Gasteiger partial charge in [0.15, 0.2) is 0 Å². The summed E-state index contributed by atoms with van der Waals surface area (Å²) in [6, 6.07) is 10.7. The van der Waals surface area contributed by atoms with Gasteiger partial charge in [0, 0.05) is 31.7 Å². The Hall–Kier alpha value is -2.40. The fourth-order valence-electron chi connectivity index (χ4n) is 1.93.